The minimum atomic E-state index is -2.65. The highest BCUT2D eigenvalue weighted by Crippen LogP contribution is 2.30. The minimum absolute atomic E-state index is 0.0670. The Morgan fingerprint density at radius 2 is 2.13 bits per heavy atom. The average molecular weight is 412 g/mol. The summed E-state index contributed by atoms with van der Waals surface area (Å²) in [6.07, 6.45) is 2.86. The molecule has 3 aromatic rings. The SMILES string of the molecule is Cc1cc(Nc2nccc(C(F)F)n2)cc(-c2cnn(C[C@]3(C)CNC(=O)C3)c2)c1. The molecule has 30 heavy (non-hydrogen) atoms. The molecule has 1 saturated heterocycles. The second kappa shape index (κ2) is 7.81. The molecular weight excluding hydrogens is 390 g/mol. The molecule has 3 heterocycles. The summed E-state index contributed by atoms with van der Waals surface area (Å²) in [5.74, 6) is 0.184. The van der Waals surface area contributed by atoms with Crippen molar-refractivity contribution in [3.05, 3.63) is 54.1 Å². The van der Waals surface area contributed by atoms with Crippen molar-refractivity contribution in [3.8, 4) is 11.1 Å². The van der Waals surface area contributed by atoms with Crippen molar-refractivity contribution in [3.63, 3.8) is 0 Å². The second-order valence-corrected chi connectivity index (χ2v) is 8.01. The predicted molar refractivity (Wildman–Crippen MR) is 108 cm³/mol. The van der Waals surface area contributed by atoms with Gasteiger partial charge in [0.25, 0.3) is 6.43 Å². The van der Waals surface area contributed by atoms with Gasteiger partial charge in [-0.15, -0.1) is 0 Å². The number of hydrogen-bond donors (Lipinski definition) is 2. The van der Waals surface area contributed by atoms with Crippen molar-refractivity contribution in [2.45, 2.75) is 33.2 Å². The van der Waals surface area contributed by atoms with Crippen LogP contribution < -0.4 is 10.6 Å². The Kier molecular flexibility index (Phi) is 5.19. The predicted octanol–water partition coefficient (Wildman–Crippen LogP) is 3.86. The number of nitrogens with zero attached hydrogens (tertiary/aromatic N) is 4. The first-order chi connectivity index (χ1) is 14.3. The topological polar surface area (TPSA) is 84.7 Å². The van der Waals surface area contributed by atoms with Crippen LogP contribution in [0.2, 0.25) is 0 Å². The first-order valence-corrected chi connectivity index (χ1v) is 9.59. The minimum Gasteiger partial charge on any atom is -0.355 e. The summed E-state index contributed by atoms with van der Waals surface area (Å²) in [5.41, 5.74) is 3.05. The van der Waals surface area contributed by atoms with Gasteiger partial charge in [-0.2, -0.15) is 5.10 Å². The zero-order valence-corrected chi connectivity index (χ0v) is 16.7. The van der Waals surface area contributed by atoms with E-state index in [0.717, 1.165) is 16.7 Å². The van der Waals surface area contributed by atoms with Crippen molar-refractivity contribution in [1.82, 2.24) is 25.1 Å². The molecule has 0 radical (unpaired) electrons. The van der Waals surface area contributed by atoms with Crippen LogP contribution in [-0.2, 0) is 11.3 Å². The van der Waals surface area contributed by atoms with Gasteiger partial charge in [-0.25, -0.2) is 18.7 Å². The largest absolute Gasteiger partial charge is 0.355 e. The van der Waals surface area contributed by atoms with E-state index in [-0.39, 0.29) is 23.0 Å². The highest BCUT2D eigenvalue weighted by atomic mass is 19.3. The van der Waals surface area contributed by atoms with Gasteiger partial charge in [-0.05, 0) is 36.2 Å². The van der Waals surface area contributed by atoms with Crippen molar-refractivity contribution in [1.29, 1.82) is 0 Å². The Hall–Kier alpha value is -3.36. The molecule has 1 aliphatic heterocycles. The number of carbonyl (C=O) groups excluding carboxylic acids is 1. The summed E-state index contributed by atoms with van der Waals surface area (Å²) in [4.78, 5) is 19.4. The van der Waals surface area contributed by atoms with Gasteiger partial charge >= 0.3 is 0 Å². The Labute approximate surface area is 172 Å². The highest BCUT2D eigenvalue weighted by Gasteiger charge is 2.34. The number of halogens is 2. The van der Waals surface area contributed by atoms with E-state index in [4.69, 9.17) is 0 Å². The van der Waals surface area contributed by atoms with Crippen LogP contribution in [-0.4, -0.2) is 32.2 Å². The van der Waals surface area contributed by atoms with E-state index in [9.17, 15) is 13.6 Å². The van der Waals surface area contributed by atoms with Crippen LogP contribution in [0.25, 0.3) is 11.1 Å². The van der Waals surface area contributed by atoms with E-state index in [1.165, 1.54) is 12.3 Å². The molecule has 0 unspecified atom stereocenters. The fourth-order valence-corrected chi connectivity index (χ4v) is 3.63. The molecule has 0 spiro atoms. The third-order valence-corrected chi connectivity index (χ3v) is 5.04. The summed E-state index contributed by atoms with van der Waals surface area (Å²) in [6, 6.07) is 7.00. The molecular formula is C21H22F2N6O. The van der Waals surface area contributed by atoms with Gasteiger partial charge < -0.3 is 10.6 Å². The van der Waals surface area contributed by atoms with E-state index >= 15 is 0 Å². The number of aryl methyl sites for hydroxylation is 1. The summed E-state index contributed by atoms with van der Waals surface area (Å²) in [5, 5.41) is 10.3. The maximum absolute atomic E-state index is 12.9. The Bertz CT molecular complexity index is 1080. The highest BCUT2D eigenvalue weighted by molar-refractivity contribution is 5.79. The number of aromatic nitrogens is 4. The molecule has 2 aromatic heterocycles. The van der Waals surface area contributed by atoms with E-state index in [1.54, 1.807) is 6.20 Å². The zero-order chi connectivity index (χ0) is 21.3. The molecule has 1 fully saturated rings. The number of benzene rings is 1. The van der Waals surface area contributed by atoms with Crippen LogP contribution in [0, 0.1) is 12.3 Å². The fraction of sp³-hybridized carbons (Fsp3) is 0.333. The molecule has 0 aliphatic carbocycles. The fourth-order valence-electron chi connectivity index (χ4n) is 3.63. The van der Waals surface area contributed by atoms with E-state index in [0.29, 0.717) is 25.2 Å². The standard InChI is InChI=1S/C21H22F2N6O/c1-13-5-14(7-16(6-13)27-20-24-4-3-17(28-20)19(22)23)15-9-26-29(10-15)12-21(2)8-18(30)25-11-21/h3-7,9-10,19H,8,11-12H2,1-2H3,(H,25,30)(H,24,27,28)/t21-/m0/s1. The van der Waals surface area contributed by atoms with Crippen LogP contribution in [0.1, 0.15) is 31.0 Å². The van der Waals surface area contributed by atoms with Crippen LogP contribution in [0.5, 0.6) is 0 Å². The van der Waals surface area contributed by atoms with Gasteiger partial charge in [0, 0.05) is 48.6 Å². The monoisotopic (exact) mass is 412 g/mol. The molecule has 156 valence electrons. The van der Waals surface area contributed by atoms with Crippen LogP contribution in [0.3, 0.4) is 0 Å². The maximum atomic E-state index is 12.9. The first-order valence-electron chi connectivity index (χ1n) is 9.59. The smallest absolute Gasteiger partial charge is 0.280 e. The lowest BCUT2D eigenvalue weighted by Gasteiger charge is -2.20. The number of hydrogen-bond acceptors (Lipinski definition) is 5. The van der Waals surface area contributed by atoms with Gasteiger partial charge in [-0.1, -0.05) is 13.0 Å². The van der Waals surface area contributed by atoms with Crippen LogP contribution >= 0.6 is 0 Å². The van der Waals surface area contributed by atoms with Gasteiger partial charge in [0.1, 0.15) is 5.69 Å². The lowest BCUT2D eigenvalue weighted by molar-refractivity contribution is -0.119. The Morgan fingerprint density at radius 1 is 1.30 bits per heavy atom. The third-order valence-electron chi connectivity index (χ3n) is 5.04. The summed E-state index contributed by atoms with van der Waals surface area (Å²) >= 11 is 0. The van der Waals surface area contributed by atoms with Crippen molar-refractivity contribution >= 4 is 17.5 Å². The molecule has 7 nitrogen and oxygen atoms in total. The zero-order valence-electron chi connectivity index (χ0n) is 16.7. The number of anilines is 2. The summed E-state index contributed by atoms with van der Waals surface area (Å²) in [6.45, 7) is 5.29. The van der Waals surface area contributed by atoms with Crippen molar-refractivity contribution < 1.29 is 13.6 Å². The number of rotatable bonds is 6. The molecule has 0 bridgehead atoms. The Balaban J connectivity index is 1.54. The van der Waals surface area contributed by atoms with E-state index in [1.807, 2.05) is 36.0 Å². The maximum Gasteiger partial charge on any atom is 0.280 e. The van der Waals surface area contributed by atoms with Gasteiger partial charge in [0.05, 0.1) is 6.20 Å². The molecule has 1 atom stereocenters. The van der Waals surface area contributed by atoms with Gasteiger partial charge in [0.15, 0.2) is 0 Å². The van der Waals surface area contributed by atoms with Crippen LogP contribution in [0.15, 0.2) is 42.9 Å². The molecule has 1 amide bonds. The summed E-state index contributed by atoms with van der Waals surface area (Å²) < 4.78 is 27.6. The Morgan fingerprint density at radius 3 is 2.87 bits per heavy atom. The molecule has 1 aromatic carbocycles. The molecule has 4 rings (SSSR count). The number of carbonyl (C=O) groups is 1. The molecule has 9 heteroatoms. The van der Waals surface area contributed by atoms with Crippen molar-refractivity contribution in [2.24, 2.45) is 5.41 Å². The quantitative estimate of drug-likeness (QED) is 0.642. The lowest BCUT2D eigenvalue weighted by Crippen LogP contribution is -2.26. The molecule has 2 N–H and O–H groups in total. The lowest BCUT2D eigenvalue weighted by atomic mass is 9.90. The van der Waals surface area contributed by atoms with Gasteiger partial charge in [0.2, 0.25) is 11.9 Å². The first kappa shape index (κ1) is 19.9. The number of nitrogens with one attached hydrogen (secondary N) is 2. The van der Waals surface area contributed by atoms with E-state index in [2.05, 4.69) is 32.6 Å². The molecule has 0 saturated carbocycles. The number of alkyl halides is 2. The third kappa shape index (κ3) is 4.45. The normalized spacial score (nSPS) is 18.6. The van der Waals surface area contributed by atoms with Crippen LogP contribution in [0.4, 0.5) is 20.4 Å². The second-order valence-electron chi connectivity index (χ2n) is 8.01. The average Bonchev–Trinajstić information content (AvgIpc) is 3.27. The summed E-state index contributed by atoms with van der Waals surface area (Å²) in [7, 11) is 0. The van der Waals surface area contributed by atoms with Gasteiger partial charge in [-0.3, -0.25) is 9.48 Å². The van der Waals surface area contributed by atoms with Crippen molar-refractivity contribution in [2.75, 3.05) is 11.9 Å². The number of amides is 1. The van der Waals surface area contributed by atoms with E-state index < -0.39 is 6.43 Å². The molecule has 1 aliphatic rings.